The van der Waals surface area contributed by atoms with Gasteiger partial charge in [-0.1, -0.05) is 0 Å². The van der Waals surface area contributed by atoms with E-state index in [-0.39, 0.29) is 12.5 Å². The van der Waals surface area contributed by atoms with E-state index in [2.05, 4.69) is 26.2 Å². The molecule has 5 heteroatoms. The number of likely N-dealkylation sites (N-methyl/N-ethyl adjacent to an activating group) is 1. The first-order valence-electron chi connectivity index (χ1n) is 5.14. The standard InChI is InChI=1S/C11H16BrN3O/c1-4-15(3)10(16)7-14-11-9(12)5-8(2)6-13-11/h5-6H,4,7H2,1-3H3,(H,13,14). The van der Waals surface area contributed by atoms with Gasteiger partial charge < -0.3 is 10.2 Å². The third-order valence-electron chi connectivity index (χ3n) is 2.29. The number of carbonyl (C=O) groups is 1. The Balaban J connectivity index is 2.58. The van der Waals surface area contributed by atoms with Gasteiger partial charge in [0.15, 0.2) is 0 Å². The summed E-state index contributed by atoms with van der Waals surface area (Å²) in [5.41, 5.74) is 1.08. The lowest BCUT2D eigenvalue weighted by atomic mass is 10.3. The molecule has 0 atom stereocenters. The largest absolute Gasteiger partial charge is 0.360 e. The number of hydrogen-bond donors (Lipinski definition) is 1. The third-order valence-corrected chi connectivity index (χ3v) is 2.89. The van der Waals surface area contributed by atoms with Crippen LogP contribution in [0.25, 0.3) is 0 Å². The van der Waals surface area contributed by atoms with Gasteiger partial charge in [-0.2, -0.15) is 0 Å². The van der Waals surface area contributed by atoms with Gasteiger partial charge >= 0.3 is 0 Å². The summed E-state index contributed by atoms with van der Waals surface area (Å²) < 4.78 is 0.874. The van der Waals surface area contributed by atoms with Crippen molar-refractivity contribution >= 4 is 27.7 Å². The van der Waals surface area contributed by atoms with Crippen LogP contribution < -0.4 is 5.32 Å². The lowest BCUT2D eigenvalue weighted by Crippen LogP contribution is -2.32. The van der Waals surface area contributed by atoms with E-state index in [1.165, 1.54) is 0 Å². The van der Waals surface area contributed by atoms with E-state index < -0.39 is 0 Å². The fraction of sp³-hybridized carbons (Fsp3) is 0.455. The van der Waals surface area contributed by atoms with Crippen molar-refractivity contribution in [2.24, 2.45) is 0 Å². The minimum absolute atomic E-state index is 0.0526. The Labute approximate surface area is 104 Å². The molecule has 0 saturated carbocycles. The molecule has 4 nitrogen and oxygen atoms in total. The summed E-state index contributed by atoms with van der Waals surface area (Å²) in [6.07, 6.45) is 1.76. The van der Waals surface area contributed by atoms with Gasteiger partial charge in [0, 0.05) is 19.8 Å². The van der Waals surface area contributed by atoms with Crippen LogP contribution in [0, 0.1) is 6.92 Å². The minimum Gasteiger partial charge on any atom is -0.360 e. The summed E-state index contributed by atoms with van der Waals surface area (Å²) in [6.45, 7) is 4.89. The average Bonchev–Trinajstić information content (AvgIpc) is 2.26. The predicted molar refractivity (Wildman–Crippen MR) is 68.5 cm³/mol. The number of aromatic nitrogens is 1. The fourth-order valence-electron chi connectivity index (χ4n) is 1.13. The van der Waals surface area contributed by atoms with Crippen LogP contribution in [0.4, 0.5) is 5.82 Å². The molecule has 1 aromatic rings. The summed E-state index contributed by atoms with van der Waals surface area (Å²) in [7, 11) is 1.78. The summed E-state index contributed by atoms with van der Waals surface area (Å²) >= 11 is 3.40. The normalized spacial score (nSPS) is 10.0. The summed E-state index contributed by atoms with van der Waals surface area (Å²) in [6, 6.07) is 1.96. The Bertz CT molecular complexity index is 381. The molecule has 0 unspecified atom stereocenters. The van der Waals surface area contributed by atoms with E-state index in [0.717, 1.165) is 10.0 Å². The smallest absolute Gasteiger partial charge is 0.241 e. The van der Waals surface area contributed by atoms with Crippen LogP contribution in [-0.2, 0) is 4.79 Å². The van der Waals surface area contributed by atoms with Crippen molar-refractivity contribution < 1.29 is 4.79 Å². The molecule has 0 fully saturated rings. The van der Waals surface area contributed by atoms with E-state index in [1.807, 2.05) is 19.9 Å². The zero-order valence-electron chi connectivity index (χ0n) is 9.75. The molecule has 88 valence electrons. The van der Waals surface area contributed by atoms with E-state index in [9.17, 15) is 4.79 Å². The molecule has 0 saturated heterocycles. The second kappa shape index (κ2) is 5.84. The van der Waals surface area contributed by atoms with E-state index in [1.54, 1.807) is 18.1 Å². The van der Waals surface area contributed by atoms with Gasteiger partial charge in [-0.25, -0.2) is 4.98 Å². The van der Waals surface area contributed by atoms with Gasteiger partial charge in [0.25, 0.3) is 0 Å². The first kappa shape index (κ1) is 13.0. The summed E-state index contributed by atoms with van der Waals surface area (Å²) in [5, 5.41) is 3.01. The number of amides is 1. The fourth-order valence-corrected chi connectivity index (χ4v) is 1.74. The van der Waals surface area contributed by atoms with Crippen molar-refractivity contribution in [1.29, 1.82) is 0 Å². The van der Waals surface area contributed by atoms with Gasteiger partial charge in [-0.05, 0) is 41.4 Å². The lowest BCUT2D eigenvalue weighted by molar-refractivity contribution is -0.127. The second-order valence-electron chi connectivity index (χ2n) is 3.60. The minimum atomic E-state index is 0.0526. The summed E-state index contributed by atoms with van der Waals surface area (Å²) in [4.78, 5) is 17.4. The van der Waals surface area contributed by atoms with Crippen LogP contribution in [0.1, 0.15) is 12.5 Å². The van der Waals surface area contributed by atoms with Crippen LogP contribution in [0.5, 0.6) is 0 Å². The van der Waals surface area contributed by atoms with E-state index in [4.69, 9.17) is 0 Å². The van der Waals surface area contributed by atoms with Gasteiger partial charge in [0.1, 0.15) is 5.82 Å². The predicted octanol–water partition coefficient (Wildman–Crippen LogP) is 2.04. The number of carbonyl (C=O) groups excluding carboxylic acids is 1. The molecular formula is C11H16BrN3O. The van der Waals surface area contributed by atoms with Crippen molar-refractivity contribution in [3.63, 3.8) is 0 Å². The topological polar surface area (TPSA) is 45.2 Å². The molecule has 0 aromatic carbocycles. The van der Waals surface area contributed by atoms with Crippen molar-refractivity contribution in [2.75, 3.05) is 25.5 Å². The SMILES string of the molecule is CCN(C)C(=O)CNc1ncc(C)cc1Br. The zero-order valence-corrected chi connectivity index (χ0v) is 11.3. The van der Waals surface area contributed by atoms with Crippen LogP contribution >= 0.6 is 15.9 Å². The highest BCUT2D eigenvalue weighted by molar-refractivity contribution is 9.10. The van der Waals surface area contributed by atoms with Crippen LogP contribution in [0.2, 0.25) is 0 Å². The Morgan fingerprint density at radius 3 is 2.88 bits per heavy atom. The van der Waals surface area contributed by atoms with Crippen molar-refractivity contribution in [3.05, 3.63) is 22.3 Å². The molecular weight excluding hydrogens is 270 g/mol. The number of nitrogens with one attached hydrogen (secondary N) is 1. The molecule has 0 radical (unpaired) electrons. The molecule has 0 aliphatic rings. The van der Waals surface area contributed by atoms with Crippen LogP contribution in [0.15, 0.2) is 16.7 Å². The van der Waals surface area contributed by atoms with E-state index in [0.29, 0.717) is 12.4 Å². The highest BCUT2D eigenvalue weighted by Gasteiger charge is 2.07. The van der Waals surface area contributed by atoms with Gasteiger partial charge in [-0.15, -0.1) is 0 Å². The van der Waals surface area contributed by atoms with Crippen LogP contribution in [0.3, 0.4) is 0 Å². The van der Waals surface area contributed by atoms with Gasteiger partial charge in [0.05, 0.1) is 11.0 Å². The van der Waals surface area contributed by atoms with Gasteiger partial charge in [-0.3, -0.25) is 4.79 Å². The Hall–Kier alpha value is -1.10. The monoisotopic (exact) mass is 285 g/mol. The molecule has 0 aliphatic heterocycles. The third kappa shape index (κ3) is 3.48. The molecule has 0 aliphatic carbocycles. The maximum absolute atomic E-state index is 11.5. The zero-order chi connectivity index (χ0) is 12.1. The van der Waals surface area contributed by atoms with Crippen molar-refractivity contribution in [1.82, 2.24) is 9.88 Å². The lowest BCUT2D eigenvalue weighted by Gasteiger charge is -2.15. The van der Waals surface area contributed by atoms with E-state index >= 15 is 0 Å². The molecule has 1 N–H and O–H groups in total. The molecule has 1 aromatic heterocycles. The Morgan fingerprint density at radius 1 is 1.62 bits per heavy atom. The molecule has 0 bridgehead atoms. The summed E-state index contributed by atoms with van der Waals surface area (Å²) in [5.74, 6) is 0.750. The molecule has 16 heavy (non-hydrogen) atoms. The molecule has 1 rings (SSSR count). The molecule has 1 amide bonds. The maximum Gasteiger partial charge on any atom is 0.241 e. The number of aryl methyl sites for hydroxylation is 1. The maximum atomic E-state index is 11.5. The molecule has 0 spiro atoms. The second-order valence-corrected chi connectivity index (χ2v) is 4.46. The highest BCUT2D eigenvalue weighted by Crippen LogP contribution is 2.19. The number of hydrogen-bond acceptors (Lipinski definition) is 3. The van der Waals surface area contributed by atoms with Gasteiger partial charge in [0.2, 0.25) is 5.91 Å². The number of nitrogens with zero attached hydrogens (tertiary/aromatic N) is 2. The number of halogens is 1. The quantitative estimate of drug-likeness (QED) is 0.921. The van der Waals surface area contributed by atoms with Crippen LogP contribution in [-0.4, -0.2) is 35.9 Å². The Kier molecular flexibility index (Phi) is 4.73. The first-order chi connectivity index (χ1) is 7.54. The number of rotatable bonds is 4. The number of pyridine rings is 1. The van der Waals surface area contributed by atoms with Crippen molar-refractivity contribution in [2.45, 2.75) is 13.8 Å². The van der Waals surface area contributed by atoms with Crippen molar-refractivity contribution in [3.8, 4) is 0 Å². The first-order valence-corrected chi connectivity index (χ1v) is 5.94. The molecule has 1 heterocycles. The number of anilines is 1. The Morgan fingerprint density at radius 2 is 2.31 bits per heavy atom. The highest BCUT2D eigenvalue weighted by atomic mass is 79.9. The average molecular weight is 286 g/mol.